The van der Waals surface area contributed by atoms with Gasteiger partial charge >= 0.3 is 6.18 Å². The Morgan fingerprint density at radius 2 is 1.90 bits per heavy atom. The standard InChI is InChI=1S/C20H21ClF3N5/c21-15-12-26-18-14(15)9-13(11-25-18)16-10-17-19(3-8-29(17)27-16)1-5-28(6-2-19)7-4-20(22,23)24/h9-12H,1-8H2,(H,25,26). The first-order valence-electron chi connectivity index (χ1n) is 9.83. The average Bonchev–Trinajstić information content (AvgIpc) is 3.37. The molecule has 5 rings (SSSR count). The Morgan fingerprint density at radius 1 is 1.14 bits per heavy atom. The number of halogens is 4. The number of pyridine rings is 1. The second-order valence-electron chi connectivity index (χ2n) is 8.13. The molecule has 0 amide bonds. The van der Waals surface area contributed by atoms with Crippen LogP contribution < -0.4 is 0 Å². The molecule has 9 heteroatoms. The van der Waals surface area contributed by atoms with Gasteiger partial charge < -0.3 is 9.88 Å². The zero-order valence-corrected chi connectivity index (χ0v) is 16.5. The molecular formula is C20H21ClF3N5. The van der Waals surface area contributed by atoms with Gasteiger partial charge in [-0.15, -0.1) is 0 Å². The van der Waals surface area contributed by atoms with Gasteiger partial charge in [-0.3, -0.25) is 4.68 Å². The number of fused-ring (bicyclic) bond motifs is 3. The summed E-state index contributed by atoms with van der Waals surface area (Å²) in [4.78, 5) is 9.39. The zero-order chi connectivity index (χ0) is 20.2. The maximum atomic E-state index is 12.5. The van der Waals surface area contributed by atoms with Gasteiger partial charge in [0.2, 0.25) is 0 Å². The number of aryl methyl sites for hydroxylation is 1. The molecule has 1 N–H and O–H groups in total. The van der Waals surface area contributed by atoms with E-state index in [1.54, 1.807) is 12.4 Å². The molecule has 3 aromatic rings. The van der Waals surface area contributed by atoms with Gasteiger partial charge in [0.1, 0.15) is 5.65 Å². The Morgan fingerprint density at radius 3 is 2.66 bits per heavy atom. The summed E-state index contributed by atoms with van der Waals surface area (Å²) in [6.07, 6.45) is 1.43. The third-order valence-electron chi connectivity index (χ3n) is 6.43. The summed E-state index contributed by atoms with van der Waals surface area (Å²) < 4.78 is 39.6. The van der Waals surface area contributed by atoms with Crippen molar-refractivity contribution in [1.82, 2.24) is 24.6 Å². The molecule has 0 unspecified atom stereocenters. The van der Waals surface area contributed by atoms with Gasteiger partial charge in [-0.25, -0.2) is 4.98 Å². The van der Waals surface area contributed by atoms with Crippen LogP contribution in [0.1, 0.15) is 31.4 Å². The number of aromatic nitrogens is 4. The van der Waals surface area contributed by atoms with Crippen LogP contribution in [-0.4, -0.2) is 50.5 Å². The summed E-state index contributed by atoms with van der Waals surface area (Å²) in [5.74, 6) is 0. The second kappa shape index (κ2) is 6.74. The molecular weight excluding hydrogens is 403 g/mol. The molecule has 0 saturated carbocycles. The number of H-pyrrole nitrogens is 1. The van der Waals surface area contributed by atoms with Crippen LogP contribution in [-0.2, 0) is 12.0 Å². The second-order valence-corrected chi connectivity index (χ2v) is 8.54. The lowest BCUT2D eigenvalue weighted by Crippen LogP contribution is -2.42. The molecule has 1 fully saturated rings. The number of aromatic amines is 1. The van der Waals surface area contributed by atoms with E-state index in [2.05, 4.69) is 20.7 Å². The molecule has 0 atom stereocenters. The molecule has 0 bridgehead atoms. The summed E-state index contributed by atoms with van der Waals surface area (Å²) >= 11 is 6.22. The normalized spacial score (nSPS) is 19.3. The summed E-state index contributed by atoms with van der Waals surface area (Å²) in [6, 6.07) is 4.12. The number of hydrogen-bond donors (Lipinski definition) is 1. The fourth-order valence-corrected chi connectivity index (χ4v) is 4.91. The van der Waals surface area contributed by atoms with E-state index in [4.69, 9.17) is 16.7 Å². The fourth-order valence-electron chi connectivity index (χ4n) is 4.71. The Kier molecular flexibility index (Phi) is 4.40. The molecule has 1 spiro atoms. The Labute approximate surface area is 170 Å². The van der Waals surface area contributed by atoms with Crippen molar-refractivity contribution < 1.29 is 13.2 Å². The van der Waals surface area contributed by atoms with Crippen LogP contribution in [0.3, 0.4) is 0 Å². The lowest BCUT2D eigenvalue weighted by Gasteiger charge is -2.39. The first kappa shape index (κ1) is 18.9. The molecule has 2 aliphatic heterocycles. The maximum absolute atomic E-state index is 12.5. The molecule has 29 heavy (non-hydrogen) atoms. The lowest BCUT2D eigenvalue weighted by molar-refractivity contribution is -0.138. The Hall–Kier alpha value is -2.06. The van der Waals surface area contributed by atoms with Crippen molar-refractivity contribution in [2.45, 2.75) is 43.8 Å². The van der Waals surface area contributed by atoms with E-state index in [0.29, 0.717) is 18.1 Å². The molecule has 0 aliphatic carbocycles. The number of hydrogen-bond acceptors (Lipinski definition) is 3. The van der Waals surface area contributed by atoms with Gasteiger partial charge in [0, 0.05) is 47.5 Å². The Bertz CT molecular complexity index is 1050. The largest absolute Gasteiger partial charge is 0.390 e. The van der Waals surface area contributed by atoms with Crippen molar-refractivity contribution in [1.29, 1.82) is 0 Å². The van der Waals surface area contributed by atoms with Crippen molar-refractivity contribution >= 4 is 22.6 Å². The van der Waals surface area contributed by atoms with Crippen LogP contribution in [0, 0.1) is 0 Å². The van der Waals surface area contributed by atoms with Crippen molar-refractivity contribution in [3.63, 3.8) is 0 Å². The van der Waals surface area contributed by atoms with Gasteiger partial charge in [0.05, 0.1) is 17.1 Å². The predicted molar refractivity (Wildman–Crippen MR) is 105 cm³/mol. The molecule has 0 aromatic carbocycles. The Balaban J connectivity index is 1.36. The van der Waals surface area contributed by atoms with Gasteiger partial charge in [-0.1, -0.05) is 11.6 Å². The minimum atomic E-state index is -4.09. The van der Waals surface area contributed by atoms with Crippen molar-refractivity contribution in [2.75, 3.05) is 19.6 Å². The van der Waals surface area contributed by atoms with Crippen molar-refractivity contribution in [3.8, 4) is 11.3 Å². The molecule has 154 valence electrons. The molecule has 2 aliphatic rings. The minimum Gasteiger partial charge on any atom is -0.345 e. The van der Waals surface area contributed by atoms with Crippen molar-refractivity contribution in [2.24, 2.45) is 0 Å². The quantitative estimate of drug-likeness (QED) is 0.660. The summed E-state index contributed by atoms with van der Waals surface area (Å²) in [5.41, 5.74) is 3.74. The van der Waals surface area contributed by atoms with Gasteiger partial charge in [0.25, 0.3) is 0 Å². The highest BCUT2D eigenvalue weighted by Crippen LogP contribution is 2.44. The van der Waals surface area contributed by atoms with E-state index in [1.807, 2.05) is 11.0 Å². The van der Waals surface area contributed by atoms with Gasteiger partial charge in [0.15, 0.2) is 0 Å². The van der Waals surface area contributed by atoms with Crippen LogP contribution in [0.2, 0.25) is 5.02 Å². The third-order valence-corrected chi connectivity index (χ3v) is 6.74. The van der Waals surface area contributed by atoms with E-state index < -0.39 is 12.6 Å². The topological polar surface area (TPSA) is 49.7 Å². The summed E-state index contributed by atoms with van der Waals surface area (Å²) in [7, 11) is 0. The number of nitrogens with zero attached hydrogens (tertiary/aromatic N) is 4. The van der Waals surface area contributed by atoms with Crippen LogP contribution in [0.25, 0.3) is 22.3 Å². The SMILES string of the molecule is FC(F)(F)CCN1CCC2(CC1)CCn1nc(-c3cnc4[nH]cc(Cl)c4c3)cc12. The minimum absolute atomic E-state index is 0.0171. The van der Waals surface area contributed by atoms with Gasteiger partial charge in [-0.2, -0.15) is 18.3 Å². The highest BCUT2D eigenvalue weighted by atomic mass is 35.5. The van der Waals surface area contributed by atoms with E-state index in [1.165, 1.54) is 5.69 Å². The van der Waals surface area contributed by atoms with Crippen LogP contribution in [0.4, 0.5) is 13.2 Å². The maximum Gasteiger partial charge on any atom is 0.390 e. The molecule has 0 radical (unpaired) electrons. The van der Waals surface area contributed by atoms with Crippen LogP contribution >= 0.6 is 11.6 Å². The van der Waals surface area contributed by atoms with Crippen molar-refractivity contribution in [3.05, 3.63) is 35.2 Å². The first-order chi connectivity index (χ1) is 13.8. The van der Waals surface area contributed by atoms with E-state index in [-0.39, 0.29) is 12.0 Å². The predicted octanol–water partition coefficient (Wildman–Crippen LogP) is 4.77. The van der Waals surface area contributed by atoms with E-state index >= 15 is 0 Å². The van der Waals surface area contributed by atoms with E-state index in [0.717, 1.165) is 48.1 Å². The number of piperidine rings is 1. The highest BCUT2D eigenvalue weighted by Gasteiger charge is 2.43. The zero-order valence-electron chi connectivity index (χ0n) is 15.8. The number of alkyl halides is 3. The smallest absolute Gasteiger partial charge is 0.345 e. The average molecular weight is 424 g/mol. The van der Waals surface area contributed by atoms with Gasteiger partial charge in [-0.05, 0) is 44.5 Å². The number of rotatable bonds is 3. The third kappa shape index (κ3) is 3.42. The molecule has 3 aromatic heterocycles. The molecule has 5 nitrogen and oxygen atoms in total. The number of likely N-dealkylation sites (tertiary alicyclic amines) is 1. The first-order valence-corrected chi connectivity index (χ1v) is 10.2. The van der Waals surface area contributed by atoms with E-state index in [9.17, 15) is 13.2 Å². The molecule has 1 saturated heterocycles. The monoisotopic (exact) mass is 423 g/mol. The highest BCUT2D eigenvalue weighted by molar-refractivity contribution is 6.35. The van der Waals surface area contributed by atoms with Crippen LogP contribution in [0.15, 0.2) is 24.5 Å². The summed E-state index contributed by atoms with van der Waals surface area (Å²) in [5, 5.41) is 6.27. The lowest BCUT2D eigenvalue weighted by atomic mass is 9.74. The summed E-state index contributed by atoms with van der Waals surface area (Å²) in [6.45, 7) is 2.33. The number of nitrogens with one attached hydrogen (secondary N) is 1. The van der Waals surface area contributed by atoms with Crippen LogP contribution in [0.5, 0.6) is 0 Å². The fraction of sp³-hybridized carbons (Fsp3) is 0.500. The molecule has 5 heterocycles.